The fourth-order valence-corrected chi connectivity index (χ4v) is 2.95. The Labute approximate surface area is 157 Å². The lowest BCUT2D eigenvalue weighted by atomic mass is 10.1. The number of aryl methyl sites for hydroxylation is 2. The molecule has 3 rings (SSSR count). The molecule has 0 spiro atoms. The SMILES string of the molecule is COc1ncc(NC(=O)C2CC(=O)N(c3ccc(C)c(C)c3)C2)c(OC)n1. The molecule has 0 aliphatic carbocycles. The van der Waals surface area contributed by atoms with Crippen molar-refractivity contribution in [3.05, 3.63) is 35.5 Å². The standard InChI is InChI=1S/C19H22N4O4/c1-11-5-6-14(7-12(11)2)23-10-13(8-16(23)24)17(25)21-15-9-20-19(27-4)22-18(15)26-3/h5-7,9,13H,8,10H2,1-4H3,(H,21,25). The second kappa shape index (κ2) is 7.61. The van der Waals surface area contributed by atoms with Crippen LogP contribution in [0.4, 0.5) is 11.4 Å². The molecule has 1 aromatic carbocycles. The quantitative estimate of drug-likeness (QED) is 0.866. The first-order valence-corrected chi connectivity index (χ1v) is 8.56. The van der Waals surface area contributed by atoms with Crippen molar-refractivity contribution in [1.82, 2.24) is 9.97 Å². The van der Waals surface area contributed by atoms with Gasteiger partial charge in [-0.3, -0.25) is 9.59 Å². The molecule has 0 saturated carbocycles. The Morgan fingerprint density at radius 3 is 2.67 bits per heavy atom. The lowest BCUT2D eigenvalue weighted by Crippen LogP contribution is -2.28. The molecule has 0 bridgehead atoms. The van der Waals surface area contributed by atoms with Gasteiger partial charge in [0.1, 0.15) is 5.69 Å². The summed E-state index contributed by atoms with van der Waals surface area (Å²) < 4.78 is 10.1. The summed E-state index contributed by atoms with van der Waals surface area (Å²) >= 11 is 0. The number of benzene rings is 1. The van der Waals surface area contributed by atoms with Crippen LogP contribution in [0.1, 0.15) is 17.5 Å². The second-order valence-corrected chi connectivity index (χ2v) is 6.44. The van der Waals surface area contributed by atoms with Crippen molar-refractivity contribution in [3.8, 4) is 11.9 Å². The van der Waals surface area contributed by atoms with Crippen LogP contribution in [-0.4, -0.2) is 42.5 Å². The number of rotatable bonds is 5. The fraction of sp³-hybridized carbons (Fsp3) is 0.368. The van der Waals surface area contributed by atoms with Crippen LogP contribution in [0, 0.1) is 19.8 Å². The number of aromatic nitrogens is 2. The molecule has 1 aromatic heterocycles. The minimum absolute atomic E-state index is 0.0728. The molecule has 8 nitrogen and oxygen atoms in total. The van der Waals surface area contributed by atoms with Crippen molar-refractivity contribution in [2.24, 2.45) is 5.92 Å². The maximum absolute atomic E-state index is 12.6. The molecule has 1 fully saturated rings. The Bertz CT molecular complexity index is 884. The first-order valence-electron chi connectivity index (χ1n) is 8.56. The summed E-state index contributed by atoms with van der Waals surface area (Å²) in [4.78, 5) is 34.7. The number of anilines is 2. The van der Waals surface area contributed by atoms with E-state index < -0.39 is 5.92 Å². The molecule has 1 unspecified atom stereocenters. The van der Waals surface area contributed by atoms with Crippen molar-refractivity contribution >= 4 is 23.2 Å². The van der Waals surface area contributed by atoms with Gasteiger partial charge in [-0.15, -0.1) is 0 Å². The van der Waals surface area contributed by atoms with E-state index in [1.54, 1.807) is 4.90 Å². The smallest absolute Gasteiger partial charge is 0.319 e. The van der Waals surface area contributed by atoms with Crippen LogP contribution in [0.3, 0.4) is 0 Å². The minimum Gasteiger partial charge on any atom is -0.479 e. The molecule has 1 aliphatic rings. The molecular formula is C19H22N4O4. The van der Waals surface area contributed by atoms with Crippen molar-refractivity contribution in [1.29, 1.82) is 0 Å². The van der Waals surface area contributed by atoms with Crippen LogP contribution in [-0.2, 0) is 9.59 Å². The van der Waals surface area contributed by atoms with Gasteiger partial charge < -0.3 is 19.7 Å². The van der Waals surface area contributed by atoms with E-state index in [0.717, 1.165) is 16.8 Å². The molecule has 2 amide bonds. The van der Waals surface area contributed by atoms with Crippen molar-refractivity contribution < 1.29 is 19.1 Å². The maximum atomic E-state index is 12.6. The molecule has 1 atom stereocenters. The normalized spacial score (nSPS) is 16.4. The number of methoxy groups -OCH3 is 2. The molecule has 142 valence electrons. The van der Waals surface area contributed by atoms with Gasteiger partial charge in [0.2, 0.25) is 17.7 Å². The van der Waals surface area contributed by atoms with Crippen molar-refractivity contribution in [3.63, 3.8) is 0 Å². The maximum Gasteiger partial charge on any atom is 0.319 e. The third-order valence-electron chi connectivity index (χ3n) is 4.66. The lowest BCUT2D eigenvalue weighted by molar-refractivity contribution is -0.122. The highest BCUT2D eigenvalue weighted by molar-refractivity contribution is 6.03. The number of amides is 2. The molecule has 2 aromatic rings. The van der Waals surface area contributed by atoms with E-state index >= 15 is 0 Å². The van der Waals surface area contributed by atoms with E-state index in [0.29, 0.717) is 12.2 Å². The Morgan fingerprint density at radius 1 is 1.22 bits per heavy atom. The van der Waals surface area contributed by atoms with E-state index in [1.165, 1.54) is 20.4 Å². The highest BCUT2D eigenvalue weighted by Crippen LogP contribution is 2.29. The van der Waals surface area contributed by atoms with E-state index in [2.05, 4.69) is 15.3 Å². The first-order chi connectivity index (χ1) is 12.9. The summed E-state index contributed by atoms with van der Waals surface area (Å²) in [6.45, 7) is 4.34. The second-order valence-electron chi connectivity index (χ2n) is 6.44. The van der Waals surface area contributed by atoms with Gasteiger partial charge in [0.15, 0.2) is 0 Å². The number of nitrogens with zero attached hydrogens (tertiary/aromatic N) is 3. The average Bonchev–Trinajstić information content (AvgIpc) is 3.06. The van der Waals surface area contributed by atoms with Gasteiger partial charge in [0.25, 0.3) is 0 Å². The van der Waals surface area contributed by atoms with Crippen LogP contribution in [0.25, 0.3) is 0 Å². The largest absolute Gasteiger partial charge is 0.479 e. The van der Waals surface area contributed by atoms with E-state index in [4.69, 9.17) is 9.47 Å². The summed E-state index contributed by atoms with van der Waals surface area (Å²) in [5.41, 5.74) is 3.41. The summed E-state index contributed by atoms with van der Waals surface area (Å²) in [7, 11) is 2.89. The Morgan fingerprint density at radius 2 is 2.00 bits per heavy atom. The Balaban J connectivity index is 1.73. The van der Waals surface area contributed by atoms with Crippen LogP contribution in [0.5, 0.6) is 11.9 Å². The van der Waals surface area contributed by atoms with E-state index in [1.807, 2.05) is 32.0 Å². The molecular weight excluding hydrogens is 348 g/mol. The predicted molar refractivity (Wildman–Crippen MR) is 100 cm³/mol. The fourth-order valence-electron chi connectivity index (χ4n) is 2.95. The molecule has 1 saturated heterocycles. The zero-order valence-corrected chi connectivity index (χ0v) is 15.8. The lowest BCUT2D eigenvalue weighted by Gasteiger charge is -2.18. The number of ether oxygens (including phenoxy) is 2. The molecule has 27 heavy (non-hydrogen) atoms. The zero-order valence-electron chi connectivity index (χ0n) is 15.8. The minimum atomic E-state index is -0.467. The van der Waals surface area contributed by atoms with E-state index in [-0.39, 0.29) is 30.1 Å². The molecule has 1 N–H and O–H groups in total. The average molecular weight is 370 g/mol. The first kappa shape index (κ1) is 18.6. The molecule has 0 radical (unpaired) electrons. The monoisotopic (exact) mass is 370 g/mol. The Kier molecular flexibility index (Phi) is 5.25. The van der Waals surface area contributed by atoms with Gasteiger partial charge in [-0.2, -0.15) is 4.98 Å². The van der Waals surface area contributed by atoms with Crippen molar-refractivity contribution in [2.45, 2.75) is 20.3 Å². The van der Waals surface area contributed by atoms with Gasteiger partial charge in [0.05, 0.1) is 26.3 Å². The number of hydrogen-bond acceptors (Lipinski definition) is 6. The van der Waals surface area contributed by atoms with Gasteiger partial charge in [-0.1, -0.05) is 6.07 Å². The highest BCUT2D eigenvalue weighted by Gasteiger charge is 2.35. The summed E-state index contributed by atoms with van der Waals surface area (Å²) in [6.07, 6.45) is 1.57. The van der Waals surface area contributed by atoms with Gasteiger partial charge >= 0.3 is 6.01 Å². The van der Waals surface area contributed by atoms with Crippen LogP contribution < -0.4 is 19.7 Å². The summed E-state index contributed by atoms with van der Waals surface area (Å²) in [6, 6.07) is 5.99. The third-order valence-corrected chi connectivity index (χ3v) is 4.66. The van der Waals surface area contributed by atoms with Crippen LogP contribution >= 0.6 is 0 Å². The van der Waals surface area contributed by atoms with Crippen molar-refractivity contribution in [2.75, 3.05) is 31.0 Å². The predicted octanol–water partition coefficient (Wildman–Crippen LogP) is 2.10. The topological polar surface area (TPSA) is 93.6 Å². The van der Waals surface area contributed by atoms with E-state index in [9.17, 15) is 9.59 Å². The third kappa shape index (κ3) is 3.84. The number of carbonyl (C=O) groups is 2. The van der Waals surface area contributed by atoms with Crippen LogP contribution in [0.2, 0.25) is 0 Å². The molecule has 1 aliphatic heterocycles. The Hall–Kier alpha value is -3.16. The number of nitrogens with one attached hydrogen (secondary N) is 1. The van der Waals surface area contributed by atoms with Gasteiger partial charge in [-0.25, -0.2) is 4.98 Å². The van der Waals surface area contributed by atoms with Gasteiger partial charge in [0, 0.05) is 18.7 Å². The molecule has 2 heterocycles. The van der Waals surface area contributed by atoms with Crippen LogP contribution in [0.15, 0.2) is 24.4 Å². The highest BCUT2D eigenvalue weighted by atomic mass is 16.5. The number of carbonyl (C=O) groups excluding carboxylic acids is 2. The summed E-state index contributed by atoms with van der Waals surface area (Å²) in [5, 5.41) is 2.74. The number of hydrogen-bond donors (Lipinski definition) is 1. The zero-order chi connectivity index (χ0) is 19.6. The summed E-state index contributed by atoms with van der Waals surface area (Å²) in [5.74, 6) is -0.616. The van der Waals surface area contributed by atoms with Gasteiger partial charge in [-0.05, 0) is 37.1 Å². The molecule has 8 heteroatoms.